The lowest BCUT2D eigenvalue weighted by atomic mass is 10.1. The van der Waals surface area contributed by atoms with Crippen molar-refractivity contribution in [3.8, 4) is 0 Å². The summed E-state index contributed by atoms with van der Waals surface area (Å²) in [4.78, 5) is 34.9. The van der Waals surface area contributed by atoms with Gasteiger partial charge in [0.2, 0.25) is 5.95 Å². The number of anilines is 1. The Hall–Kier alpha value is -6.96. The van der Waals surface area contributed by atoms with Crippen molar-refractivity contribution in [3.05, 3.63) is 131 Å². The molecule has 0 unspecified atom stereocenters. The molecule has 1 heterocycles. The van der Waals surface area contributed by atoms with E-state index in [0.29, 0.717) is 16.8 Å². The minimum Gasteiger partial charge on any atom is -0.478 e. The summed E-state index contributed by atoms with van der Waals surface area (Å²) in [6, 6.07) is 22.1. The van der Waals surface area contributed by atoms with Crippen LogP contribution in [0, 0.1) is 0 Å². The highest BCUT2D eigenvalue weighted by molar-refractivity contribution is 7.86. The van der Waals surface area contributed by atoms with Crippen LogP contribution >= 0.6 is 0 Å². The number of nitrogens with one attached hydrogen (secondary N) is 1. The molecule has 6 N–H and O–H groups in total. The molecule has 61 heavy (non-hydrogen) atoms. The van der Waals surface area contributed by atoms with Crippen molar-refractivity contribution in [3.63, 3.8) is 0 Å². The Morgan fingerprint density at radius 3 is 1.48 bits per heavy atom. The molecule has 0 amide bonds. The number of hydrogen-bond acceptors (Lipinski definition) is 16. The third-order valence-corrected chi connectivity index (χ3v) is 10.9. The number of aromatic nitrogens is 3. The van der Waals surface area contributed by atoms with Crippen molar-refractivity contribution in [1.82, 2.24) is 15.0 Å². The van der Waals surface area contributed by atoms with Crippen LogP contribution in [0.1, 0.15) is 43.5 Å². The first-order valence-corrected chi connectivity index (χ1v) is 21.8. The Labute approximate surface area is 345 Å². The molecule has 24 heteroatoms. The van der Waals surface area contributed by atoms with Crippen LogP contribution in [0.2, 0.25) is 0 Å². The van der Waals surface area contributed by atoms with Crippen LogP contribution in [0.3, 0.4) is 0 Å². The molecule has 0 radical (unpaired) electrons. The van der Waals surface area contributed by atoms with Gasteiger partial charge in [0, 0.05) is 30.2 Å². The first kappa shape index (κ1) is 43.6. The summed E-state index contributed by atoms with van der Waals surface area (Å²) < 4.78 is 99.6. The molecule has 0 atom stereocenters. The minimum atomic E-state index is -4.86. The van der Waals surface area contributed by atoms with Crippen LogP contribution in [0.5, 0.6) is 0 Å². The highest BCUT2D eigenvalue weighted by atomic mass is 32.2. The van der Waals surface area contributed by atoms with Gasteiger partial charge in [0.15, 0.2) is 0 Å². The van der Waals surface area contributed by atoms with Gasteiger partial charge >= 0.3 is 11.9 Å². The molecule has 0 bridgehead atoms. The van der Waals surface area contributed by atoms with Gasteiger partial charge in [-0.25, -0.2) is 14.6 Å². The molecule has 0 aliphatic rings. The number of azo groups is 2. The molecule has 21 nitrogen and oxygen atoms in total. The summed E-state index contributed by atoms with van der Waals surface area (Å²) in [7, 11) is -13.9. The van der Waals surface area contributed by atoms with E-state index in [1.54, 1.807) is 48.5 Å². The largest absolute Gasteiger partial charge is 0.478 e. The number of carbonyl (C=O) groups is 2. The molecule has 1 aromatic heterocycles. The van der Waals surface area contributed by atoms with E-state index in [9.17, 15) is 58.7 Å². The molecule has 0 aliphatic heterocycles. The van der Waals surface area contributed by atoms with Gasteiger partial charge in [-0.3, -0.25) is 13.7 Å². The lowest BCUT2D eigenvalue weighted by molar-refractivity contribution is 0.0696. The molecule has 0 aliphatic carbocycles. The van der Waals surface area contributed by atoms with E-state index in [-0.39, 0.29) is 75.9 Å². The van der Waals surface area contributed by atoms with E-state index < -0.39 is 57.8 Å². The monoisotopic (exact) mass is 890 g/mol. The number of carboxylic acids is 2. The molecule has 0 spiro atoms. The van der Waals surface area contributed by atoms with Crippen LogP contribution in [0.25, 0.3) is 10.8 Å². The van der Waals surface area contributed by atoms with Gasteiger partial charge in [-0.15, -0.1) is 0 Å². The van der Waals surface area contributed by atoms with Gasteiger partial charge in [0.05, 0.1) is 39.6 Å². The fourth-order valence-electron chi connectivity index (χ4n) is 5.68. The van der Waals surface area contributed by atoms with E-state index >= 15 is 0 Å². The van der Waals surface area contributed by atoms with Gasteiger partial charge < -0.3 is 15.5 Å². The Morgan fingerprint density at radius 2 is 1.02 bits per heavy atom. The van der Waals surface area contributed by atoms with Crippen molar-refractivity contribution in [1.29, 1.82) is 0 Å². The first-order valence-electron chi connectivity index (χ1n) is 17.3. The average Bonchev–Trinajstić information content (AvgIpc) is 3.18. The van der Waals surface area contributed by atoms with Crippen molar-refractivity contribution in [2.75, 3.05) is 17.6 Å². The number of carboxylic acid groups (broad SMARTS) is 2. The molecule has 5 aromatic carbocycles. The van der Waals surface area contributed by atoms with Crippen molar-refractivity contribution in [2.24, 2.45) is 20.5 Å². The maximum atomic E-state index is 12.2. The van der Waals surface area contributed by atoms with E-state index in [2.05, 4.69) is 40.7 Å². The van der Waals surface area contributed by atoms with Crippen molar-refractivity contribution < 1.29 is 58.7 Å². The second kappa shape index (κ2) is 17.7. The number of rotatable bonds is 16. The van der Waals surface area contributed by atoms with Crippen LogP contribution in [0.15, 0.2) is 127 Å². The summed E-state index contributed by atoms with van der Waals surface area (Å²) in [5.41, 5.74) is 1.36. The maximum absolute atomic E-state index is 12.2. The summed E-state index contributed by atoms with van der Waals surface area (Å²) in [5.74, 6) is -2.70. The Morgan fingerprint density at radius 1 is 0.541 bits per heavy atom. The summed E-state index contributed by atoms with van der Waals surface area (Å²) in [5, 5.41) is 37.1. The fraction of sp³-hybridized carbons (Fsp3) is 0.108. The molecule has 6 aromatic rings. The second-order valence-corrected chi connectivity index (χ2v) is 17.3. The molecule has 0 saturated heterocycles. The summed E-state index contributed by atoms with van der Waals surface area (Å²) in [6.07, 6.45) is 0.314. The summed E-state index contributed by atoms with van der Waals surface area (Å²) in [6.45, 7) is -0.218. The van der Waals surface area contributed by atoms with E-state index in [1.165, 1.54) is 30.3 Å². The predicted octanol–water partition coefficient (Wildman–Crippen LogP) is 6.23. The van der Waals surface area contributed by atoms with Gasteiger partial charge in [0.1, 0.15) is 21.4 Å². The zero-order valence-electron chi connectivity index (χ0n) is 30.9. The number of benzene rings is 5. The Balaban J connectivity index is 1.21. The maximum Gasteiger partial charge on any atom is 0.335 e. The lowest BCUT2D eigenvalue weighted by Crippen LogP contribution is -2.17. The Bertz CT molecular complexity index is 3060. The van der Waals surface area contributed by atoms with E-state index in [1.807, 2.05) is 0 Å². The average molecular weight is 891 g/mol. The highest BCUT2D eigenvalue weighted by Gasteiger charge is 2.21. The molecule has 6 rings (SSSR count). The van der Waals surface area contributed by atoms with Crippen molar-refractivity contribution >= 4 is 81.8 Å². The lowest BCUT2D eigenvalue weighted by Gasteiger charge is -2.09. The molecule has 0 saturated carbocycles. The van der Waals surface area contributed by atoms with Gasteiger partial charge in [0.25, 0.3) is 30.4 Å². The van der Waals surface area contributed by atoms with E-state index in [0.717, 1.165) is 18.2 Å². The standard InChI is InChI=1S/C37H30N8O13S3/c46-35(47)23-16-24(36(48)49)18-27(17-23)44-42-25-8-4-21(5-9-25)14-33-39-34(41-37(40-33)38-12-13-59(50,51)52)15-22-6-10-26(11-7-22)43-45-28-19-30-29(32(20-28)61(56,57)58)2-1-3-31(30)60(53,54)55/h1-11,16-20H,12-15H2,(H,46,47)(H,48,49)(H,50,51,52)(H,53,54,55)(H,56,57,58)(H,38,39,40,41). The predicted molar refractivity (Wildman–Crippen MR) is 216 cm³/mol. The van der Waals surface area contributed by atoms with Gasteiger partial charge in [-0.1, -0.05) is 36.4 Å². The van der Waals surface area contributed by atoms with Crippen LogP contribution < -0.4 is 5.32 Å². The third-order valence-electron chi connectivity index (χ3n) is 8.40. The summed E-state index contributed by atoms with van der Waals surface area (Å²) >= 11 is 0. The van der Waals surface area contributed by atoms with Crippen LogP contribution in [-0.2, 0) is 43.2 Å². The van der Waals surface area contributed by atoms with Gasteiger partial charge in [-0.2, -0.15) is 55.7 Å². The second-order valence-electron chi connectivity index (χ2n) is 12.9. The molecule has 0 fully saturated rings. The molecule has 314 valence electrons. The first-order chi connectivity index (χ1) is 28.7. The smallest absolute Gasteiger partial charge is 0.335 e. The topological polar surface area (TPSA) is 338 Å². The Kier molecular flexibility index (Phi) is 12.7. The van der Waals surface area contributed by atoms with Crippen LogP contribution in [-0.4, -0.2) is 88.3 Å². The highest BCUT2D eigenvalue weighted by Crippen LogP contribution is 2.34. The van der Waals surface area contributed by atoms with Gasteiger partial charge in [-0.05, 0) is 71.8 Å². The number of hydrogen-bond donors (Lipinski definition) is 6. The normalized spacial score (nSPS) is 12.3. The zero-order chi connectivity index (χ0) is 44.1. The molecular weight excluding hydrogens is 861 g/mol. The number of fused-ring (bicyclic) bond motifs is 1. The quantitative estimate of drug-likeness (QED) is 0.0463. The fourth-order valence-corrected chi connectivity index (χ4v) is 7.46. The third kappa shape index (κ3) is 11.8. The van der Waals surface area contributed by atoms with E-state index in [4.69, 9.17) is 0 Å². The molecular formula is C37H30N8O13S3. The zero-order valence-corrected chi connectivity index (χ0v) is 33.4. The minimum absolute atomic E-state index is 0.0178. The van der Waals surface area contributed by atoms with Crippen molar-refractivity contribution in [2.45, 2.75) is 22.6 Å². The number of nitrogens with zero attached hydrogens (tertiary/aromatic N) is 7. The van der Waals surface area contributed by atoms with Crippen LogP contribution in [0.4, 0.5) is 28.7 Å². The SMILES string of the molecule is O=C(O)c1cc(N=Nc2ccc(Cc3nc(Cc4ccc(N=Nc5cc(S(=O)(=O)O)c6cccc(S(=O)(=O)O)c6c5)cc4)nc(NCCS(=O)(=O)O)n3)cc2)cc(C(=O)O)c1. The number of aromatic carboxylic acids is 2.